The minimum atomic E-state index is -0.524. The summed E-state index contributed by atoms with van der Waals surface area (Å²) >= 11 is 0. The third-order valence-corrected chi connectivity index (χ3v) is 4.16. The van der Waals surface area contributed by atoms with Crippen LogP contribution in [0.1, 0.15) is 60.3 Å². The fourth-order valence-corrected chi connectivity index (χ4v) is 2.66. The minimum Gasteiger partial charge on any atom is -0.390 e. The first-order valence-electron chi connectivity index (χ1n) is 8.33. The van der Waals surface area contributed by atoms with Gasteiger partial charge in [-0.25, -0.2) is 0 Å². The van der Waals surface area contributed by atoms with Crippen molar-refractivity contribution in [3.8, 4) is 0 Å². The molecule has 0 radical (unpaired) electrons. The Hall–Kier alpha value is -0.120. The number of hydrogen-bond acceptors (Lipinski definition) is 3. The van der Waals surface area contributed by atoms with Gasteiger partial charge in [0, 0.05) is 32.7 Å². The molecule has 1 N–H and O–H groups in total. The molecule has 1 saturated heterocycles. The van der Waals surface area contributed by atoms with Crippen LogP contribution < -0.4 is 0 Å². The van der Waals surface area contributed by atoms with Gasteiger partial charge in [-0.15, -0.1) is 0 Å². The topological polar surface area (TPSA) is 26.7 Å². The summed E-state index contributed by atoms with van der Waals surface area (Å²) in [4.78, 5) is 5.09. The van der Waals surface area contributed by atoms with Crippen LogP contribution in [-0.2, 0) is 0 Å². The molecule has 3 nitrogen and oxygen atoms in total. The molecule has 3 heteroatoms. The summed E-state index contributed by atoms with van der Waals surface area (Å²) < 4.78 is 0. The maximum absolute atomic E-state index is 9.77. The average molecular weight is 284 g/mol. The van der Waals surface area contributed by atoms with Crippen LogP contribution in [-0.4, -0.2) is 59.8 Å². The predicted octanol–water partition coefficient (Wildman–Crippen LogP) is 2.98. The number of hydrogen-bond donors (Lipinski definition) is 1. The second-order valence-electron chi connectivity index (χ2n) is 8.26. The number of rotatable bonds is 7. The van der Waals surface area contributed by atoms with Gasteiger partial charge < -0.3 is 14.9 Å². The molecular weight excluding hydrogens is 248 g/mol. The highest BCUT2D eigenvalue weighted by molar-refractivity contribution is 4.75. The zero-order chi connectivity index (χ0) is 15.2. The Morgan fingerprint density at radius 3 is 1.70 bits per heavy atom. The molecule has 0 atom stereocenters. The van der Waals surface area contributed by atoms with Crippen molar-refractivity contribution in [3.05, 3.63) is 0 Å². The standard InChI is InChI=1S/C17H36N2O/c1-16(2,3)8-6-7-10-18-12-14-19(15-13-18)11-9-17(4,5)20/h20H,6-15H2,1-5H3. The molecule has 20 heavy (non-hydrogen) atoms. The maximum Gasteiger partial charge on any atom is 0.0603 e. The van der Waals surface area contributed by atoms with E-state index in [1.54, 1.807) is 0 Å². The monoisotopic (exact) mass is 284 g/mol. The van der Waals surface area contributed by atoms with Crippen molar-refractivity contribution in [1.29, 1.82) is 0 Å². The fourth-order valence-electron chi connectivity index (χ4n) is 2.66. The second kappa shape index (κ2) is 7.77. The van der Waals surface area contributed by atoms with Gasteiger partial charge in [0.1, 0.15) is 0 Å². The number of aliphatic hydroxyl groups is 1. The van der Waals surface area contributed by atoms with Crippen LogP contribution in [0.4, 0.5) is 0 Å². The number of piperazine rings is 1. The summed E-state index contributed by atoms with van der Waals surface area (Å²) in [5, 5.41) is 9.77. The summed E-state index contributed by atoms with van der Waals surface area (Å²) in [5.41, 5.74) is -0.0418. The van der Waals surface area contributed by atoms with E-state index in [1.807, 2.05) is 13.8 Å². The maximum atomic E-state index is 9.77. The highest BCUT2D eigenvalue weighted by Crippen LogP contribution is 2.21. The van der Waals surface area contributed by atoms with E-state index >= 15 is 0 Å². The molecule has 0 amide bonds. The summed E-state index contributed by atoms with van der Waals surface area (Å²) in [6.07, 6.45) is 4.89. The molecule has 120 valence electrons. The van der Waals surface area contributed by atoms with Crippen LogP contribution in [0.2, 0.25) is 0 Å². The van der Waals surface area contributed by atoms with Crippen molar-refractivity contribution >= 4 is 0 Å². The third kappa shape index (κ3) is 8.93. The van der Waals surface area contributed by atoms with Gasteiger partial charge in [-0.05, 0) is 45.1 Å². The lowest BCUT2D eigenvalue weighted by atomic mass is 9.90. The molecule has 1 rings (SSSR count). The molecule has 0 unspecified atom stereocenters. The van der Waals surface area contributed by atoms with E-state index in [4.69, 9.17) is 0 Å². The first kappa shape index (κ1) is 17.9. The molecule has 0 aromatic carbocycles. The smallest absolute Gasteiger partial charge is 0.0603 e. The van der Waals surface area contributed by atoms with Crippen molar-refractivity contribution in [2.45, 2.75) is 65.9 Å². The Bertz CT molecular complexity index is 257. The van der Waals surface area contributed by atoms with Gasteiger partial charge in [-0.1, -0.05) is 27.2 Å². The van der Waals surface area contributed by atoms with Crippen molar-refractivity contribution in [2.24, 2.45) is 5.41 Å². The summed E-state index contributed by atoms with van der Waals surface area (Å²) in [7, 11) is 0. The molecule has 0 bridgehead atoms. The van der Waals surface area contributed by atoms with Crippen molar-refractivity contribution in [1.82, 2.24) is 9.80 Å². The molecule has 0 spiro atoms. The second-order valence-corrected chi connectivity index (χ2v) is 8.26. The molecule has 0 aromatic heterocycles. The highest BCUT2D eigenvalue weighted by atomic mass is 16.3. The van der Waals surface area contributed by atoms with E-state index in [-0.39, 0.29) is 0 Å². The normalized spacial score (nSPS) is 19.5. The summed E-state index contributed by atoms with van der Waals surface area (Å²) in [5.74, 6) is 0. The number of nitrogens with zero attached hydrogens (tertiary/aromatic N) is 2. The molecule has 1 aliphatic heterocycles. The fraction of sp³-hybridized carbons (Fsp3) is 1.00. The first-order chi connectivity index (χ1) is 9.16. The Kier molecular flexibility index (Phi) is 6.96. The summed E-state index contributed by atoms with van der Waals surface area (Å²) in [6.45, 7) is 17.8. The van der Waals surface area contributed by atoms with Crippen LogP contribution in [0.5, 0.6) is 0 Å². The molecule has 0 aromatic rings. The summed E-state index contributed by atoms with van der Waals surface area (Å²) in [6, 6.07) is 0. The van der Waals surface area contributed by atoms with Crippen LogP contribution in [0.3, 0.4) is 0 Å². The average Bonchev–Trinajstić information content (AvgIpc) is 2.31. The Balaban J connectivity index is 2.07. The van der Waals surface area contributed by atoms with Crippen molar-refractivity contribution in [3.63, 3.8) is 0 Å². The Labute approximate surface area is 126 Å². The van der Waals surface area contributed by atoms with Crippen LogP contribution in [0.15, 0.2) is 0 Å². The van der Waals surface area contributed by atoms with E-state index in [0.717, 1.165) is 26.1 Å². The molecule has 1 fully saturated rings. The predicted molar refractivity (Wildman–Crippen MR) is 87.1 cm³/mol. The SMILES string of the molecule is CC(C)(C)CCCCN1CCN(CCC(C)(C)O)CC1. The lowest BCUT2D eigenvalue weighted by Crippen LogP contribution is -2.47. The van der Waals surface area contributed by atoms with Gasteiger partial charge in [0.15, 0.2) is 0 Å². The molecular formula is C17H36N2O. The third-order valence-electron chi connectivity index (χ3n) is 4.16. The van der Waals surface area contributed by atoms with Gasteiger partial charge in [0.05, 0.1) is 5.60 Å². The lowest BCUT2D eigenvalue weighted by molar-refractivity contribution is 0.0473. The van der Waals surface area contributed by atoms with Crippen molar-refractivity contribution < 1.29 is 5.11 Å². The highest BCUT2D eigenvalue weighted by Gasteiger charge is 2.19. The van der Waals surface area contributed by atoms with E-state index in [2.05, 4.69) is 30.6 Å². The zero-order valence-corrected chi connectivity index (χ0v) is 14.4. The first-order valence-corrected chi connectivity index (χ1v) is 8.33. The molecule has 1 aliphatic rings. The van der Waals surface area contributed by atoms with Crippen molar-refractivity contribution in [2.75, 3.05) is 39.3 Å². The zero-order valence-electron chi connectivity index (χ0n) is 14.4. The quantitative estimate of drug-likeness (QED) is 0.728. The van der Waals surface area contributed by atoms with Gasteiger partial charge in [-0.2, -0.15) is 0 Å². The van der Waals surface area contributed by atoms with E-state index in [0.29, 0.717) is 5.41 Å². The van der Waals surface area contributed by atoms with E-state index in [9.17, 15) is 5.11 Å². The molecule has 1 heterocycles. The Morgan fingerprint density at radius 1 is 0.750 bits per heavy atom. The molecule has 0 saturated carbocycles. The largest absolute Gasteiger partial charge is 0.390 e. The molecule has 0 aliphatic carbocycles. The van der Waals surface area contributed by atoms with Gasteiger partial charge in [-0.3, -0.25) is 0 Å². The van der Waals surface area contributed by atoms with Crippen LogP contribution in [0, 0.1) is 5.41 Å². The van der Waals surface area contributed by atoms with Crippen LogP contribution >= 0.6 is 0 Å². The number of unbranched alkanes of at least 4 members (excludes halogenated alkanes) is 1. The van der Waals surface area contributed by atoms with Gasteiger partial charge in [0.2, 0.25) is 0 Å². The van der Waals surface area contributed by atoms with Gasteiger partial charge in [0.25, 0.3) is 0 Å². The van der Waals surface area contributed by atoms with E-state index in [1.165, 1.54) is 38.9 Å². The minimum absolute atomic E-state index is 0.482. The van der Waals surface area contributed by atoms with Crippen LogP contribution in [0.25, 0.3) is 0 Å². The lowest BCUT2D eigenvalue weighted by Gasteiger charge is -2.35. The Morgan fingerprint density at radius 2 is 1.25 bits per heavy atom. The van der Waals surface area contributed by atoms with E-state index < -0.39 is 5.60 Å². The van der Waals surface area contributed by atoms with Gasteiger partial charge >= 0.3 is 0 Å².